The summed E-state index contributed by atoms with van der Waals surface area (Å²) in [5, 5.41) is 0. The molecule has 15 heavy (non-hydrogen) atoms. The van der Waals surface area contributed by atoms with Crippen LogP contribution in [0.25, 0.3) is 0 Å². The topological polar surface area (TPSA) is 86.5 Å². The number of esters is 1. The Morgan fingerprint density at radius 3 is 2.60 bits per heavy atom. The number of allylic oxidation sites excluding steroid dienone is 3. The molecule has 0 amide bonds. The zero-order valence-electron chi connectivity index (χ0n) is 8.23. The summed E-state index contributed by atoms with van der Waals surface area (Å²) in [5.41, 5.74) is 6.05. The maximum atomic E-state index is 11.0. The predicted molar refractivity (Wildman–Crippen MR) is 51.8 cm³/mol. The fourth-order valence-electron chi connectivity index (χ4n) is 1.17. The van der Waals surface area contributed by atoms with Gasteiger partial charge in [-0.1, -0.05) is 6.08 Å². The maximum Gasteiger partial charge on any atom is 0.322 e. The van der Waals surface area contributed by atoms with Crippen molar-refractivity contribution in [3.05, 3.63) is 23.8 Å². The monoisotopic (exact) mass is 209 g/mol. The molecular weight excluding hydrogens is 198 g/mol. The van der Waals surface area contributed by atoms with Gasteiger partial charge in [0.15, 0.2) is 0 Å². The van der Waals surface area contributed by atoms with Crippen LogP contribution in [0.1, 0.15) is 6.42 Å². The van der Waals surface area contributed by atoms with Crippen LogP contribution in [-0.4, -0.2) is 30.7 Å². The summed E-state index contributed by atoms with van der Waals surface area (Å²) in [5.74, 6) is -1.70. The van der Waals surface area contributed by atoms with Gasteiger partial charge in [-0.15, -0.1) is 0 Å². The van der Waals surface area contributed by atoms with Gasteiger partial charge in [0.05, 0.1) is 7.11 Å². The number of hydrogen-bond acceptors (Lipinski definition) is 5. The lowest BCUT2D eigenvalue weighted by molar-refractivity contribution is -0.142. The smallest absolute Gasteiger partial charge is 0.322 e. The highest BCUT2D eigenvalue weighted by Gasteiger charge is 2.18. The number of carbonyl (C=O) groups excluding carboxylic acids is 3. The van der Waals surface area contributed by atoms with Crippen LogP contribution in [-0.2, 0) is 19.1 Å². The van der Waals surface area contributed by atoms with Gasteiger partial charge in [0.2, 0.25) is 11.6 Å². The molecule has 0 bridgehead atoms. The third-order valence-corrected chi connectivity index (χ3v) is 1.97. The Morgan fingerprint density at radius 2 is 2.07 bits per heavy atom. The van der Waals surface area contributed by atoms with Gasteiger partial charge >= 0.3 is 5.97 Å². The van der Waals surface area contributed by atoms with Crippen molar-refractivity contribution < 1.29 is 19.1 Å². The molecular formula is C10H11NO4. The Hall–Kier alpha value is -1.75. The zero-order chi connectivity index (χ0) is 11.4. The first kappa shape index (κ1) is 11.3. The van der Waals surface area contributed by atoms with E-state index in [0.29, 0.717) is 5.57 Å². The molecule has 0 aromatic rings. The summed E-state index contributed by atoms with van der Waals surface area (Å²) in [6.45, 7) is 0. The molecule has 0 saturated heterocycles. The van der Waals surface area contributed by atoms with Crippen LogP contribution < -0.4 is 5.73 Å². The van der Waals surface area contributed by atoms with Gasteiger partial charge in [-0.05, 0) is 24.1 Å². The first-order chi connectivity index (χ1) is 7.04. The molecule has 0 spiro atoms. The van der Waals surface area contributed by atoms with E-state index in [-0.39, 0.29) is 6.42 Å². The highest BCUT2D eigenvalue weighted by molar-refractivity contribution is 6.46. The van der Waals surface area contributed by atoms with Crippen LogP contribution in [0, 0.1) is 0 Å². The molecule has 5 heteroatoms. The number of ketones is 2. The van der Waals surface area contributed by atoms with Gasteiger partial charge in [-0.2, -0.15) is 0 Å². The largest absolute Gasteiger partial charge is 0.468 e. The Bertz CT molecular complexity index is 368. The van der Waals surface area contributed by atoms with E-state index in [1.165, 1.54) is 25.3 Å². The van der Waals surface area contributed by atoms with Crippen molar-refractivity contribution in [3.63, 3.8) is 0 Å². The first-order valence-electron chi connectivity index (χ1n) is 4.35. The van der Waals surface area contributed by atoms with Crippen LogP contribution >= 0.6 is 0 Å². The second-order valence-corrected chi connectivity index (χ2v) is 3.11. The van der Waals surface area contributed by atoms with E-state index >= 15 is 0 Å². The van der Waals surface area contributed by atoms with Crippen molar-refractivity contribution in [1.29, 1.82) is 0 Å². The number of carbonyl (C=O) groups is 3. The van der Waals surface area contributed by atoms with Crippen molar-refractivity contribution in [2.24, 2.45) is 5.73 Å². The third-order valence-electron chi connectivity index (χ3n) is 1.97. The molecule has 0 aromatic heterocycles. The molecule has 5 nitrogen and oxygen atoms in total. The molecule has 0 heterocycles. The first-order valence-corrected chi connectivity index (χ1v) is 4.35. The van der Waals surface area contributed by atoms with E-state index in [9.17, 15) is 14.4 Å². The van der Waals surface area contributed by atoms with Gasteiger partial charge in [0.1, 0.15) is 6.04 Å². The number of rotatable bonds is 3. The van der Waals surface area contributed by atoms with Crippen LogP contribution in [0.15, 0.2) is 23.8 Å². The van der Waals surface area contributed by atoms with E-state index in [0.717, 1.165) is 0 Å². The van der Waals surface area contributed by atoms with Crippen LogP contribution in [0.5, 0.6) is 0 Å². The minimum absolute atomic E-state index is 0.183. The average Bonchev–Trinajstić information content (AvgIpc) is 2.22. The highest BCUT2D eigenvalue weighted by Crippen LogP contribution is 2.11. The van der Waals surface area contributed by atoms with E-state index in [1.807, 2.05) is 0 Å². The van der Waals surface area contributed by atoms with Crippen molar-refractivity contribution in [2.75, 3.05) is 7.11 Å². The lowest BCUT2D eigenvalue weighted by atomic mass is 9.99. The Kier molecular flexibility index (Phi) is 3.51. The minimum atomic E-state index is -0.813. The summed E-state index contributed by atoms with van der Waals surface area (Å²) in [6.07, 6.45) is 4.02. The summed E-state index contributed by atoms with van der Waals surface area (Å²) in [4.78, 5) is 32.8. The zero-order valence-corrected chi connectivity index (χ0v) is 8.23. The fourth-order valence-corrected chi connectivity index (χ4v) is 1.17. The minimum Gasteiger partial charge on any atom is -0.468 e. The van der Waals surface area contributed by atoms with E-state index < -0.39 is 23.6 Å². The highest BCUT2D eigenvalue weighted by atomic mass is 16.5. The molecule has 0 aliphatic heterocycles. The molecule has 1 aliphatic rings. The van der Waals surface area contributed by atoms with Gasteiger partial charge in [0, 0.05) is 0 Å². The van der Waals surface area contributed by atoms with Crippen molar-refractivity contribution in [2.45, 2.75) is 12.5 Å². The Morgan fingerprint density at radius 1 is 1.40 bits per heavy atom. The van der Waals surface area contributed by atoms with Gasteiger partial charge < -0.3 is 10.5 Å². The van der Waals surface area contributed by atoms with Gasteiger partial charge in [-0.25, -0.2) is 0 Å². The molecule has 1 aliphatic carbocycles. The maximum absolute atomic E-state index is 11.0. The summed E-state index contributed by atoms with van der Waals surface area (Å²) >= 11 is 0. The van der Waals surface area contributed by atoms with Crippen LogP contribution in [0.4, 0.5) is 0 Å². The average molecular weight is 209 g/mol. The molecule has 1 atom stereocenters. The second-order valence-electron chi connectivity index (χ2n) is 3.11. The van der Waals surface area contributed by atoms with Crippen molar-refractivity contribution in [1.82, 2.24) is 0 Å². The van der Waals surface area contributed by atoms with E-state index in [4.69, 9.17) is 5.73 Å². The molecule has 1 rings (SSSR count). The molecule has 80 valence electrons. The summed E-state index contributed by atoms with van der Waals surface area (Å²) < 4.78 is 4.43. The van der Waals surface area contributed by atoms with Crippen molar-refractivity contribution in [3.8, 4) is 0 Å². The molecule has 0 aromatic carbocycles. The molecule has 0 fully saturated rings. The molecule has 0 radical (unpaired) electrons. The third kappa shape index (κ3) is 2.85. The predicted octanol–water partition coefficient (Wildman–Crippen LogP) is -0.489. The SMILES string of the molecule is COC(=O)[C@H](N)CC1=CC(=O)C(=O)C=C1. The number of ether oxygens (including phenoxy) is 1. The summed E-state index contributed by atoms with van der Waals surface area (Å²) in [7, 11) is 1.24. The fraction of sp³-hybridized carbons (Fsp3) is 0.300. The lowest BCUT2D eigenvalue weighted by Gasteiger charge is -2.10. The normalized spacial score (nSPS) is 17.3. The van der Waals surface area contributed by atoms with Gasteiger partial charge in [-0.3, -0.25) is 14.4 Å². The lowest BCUT2D eigenvalue weighted by Crippen LogP contribution is -2.32. The molecule has 2 N–H and O–H groups in total. The number of nitrogens with two attached hydrogens (primary N) is 1. The molecule has 0 unspecified atom stereocenters. The number of hydrogen-bond donors (Lipinski definition) is 1. The summed E-state index contributed by atoms with van der Waals surface area (Å²) in [6, 6.07) is -0.813. The van der Waals surface area contributed by atoms with Crippen LogP contribution in [0.3, 0.4) is 0 Å². The Balaban J connectivity index is 2.65. The van der Waals surface area contributed by atoms with Crippen molar-refractivity contribution >= 4 is 17.5 Å². The molecule has 0 saturated carbocycles. The van der Waals surface area contributed by atoms with Gasteiger partial charge in [0.25, 0.3) is 0 Å². The standard InChI is InChI=1S/C10H11NO4/c1-15-10(14)7(11)4-6-2-3-8(12)9(13)5-6/h2-3,5,7H,4,11H2,1H3/t7-/m1/s1. The van der Waals surface area contributed by atoms with E-state index in [2.05, 4.69) is 4.74 Å². The van der Waals surface area contributed by atoms with Crippen LogP contribution in [0.2, 0.25) is 0 Å². The second kappa shape index (κ2) is 4.65. The number of methoxy groups -OCH3 is 1. The van der Waals surface area contributed by atoms with E-state index in [1.54, 1.807) is 0 Å². The quantitative estimate of drug-likeness (QED) is 0.385. The Labute approximate surface area is 86.6 Å².